The van der Waals surface area contributed by atoms with Crippen molar-refractivity contribution in [3.05, 3.63) is 29.5 Å². The van der Waals surface area contributed by atoms with Crippen molar-refractivity contribution >= 4 is 28.5 Å². The smallest absolute Gasteiger partial charge is 0.339 e. The predicted octanol–water partition coefficient (Wildman–Crippen LogP) is 5.11. The molecule has 1 unspecified atom stereocenters. The molecule has 37 heavy (non-hydrogen) atoms. The van der Waals surface area contributed by atoms with Crippen LogP contribution in [0.3, 0.4) is 0 Å². The number of nitrogens with zero attached hydrogens (tertiary/aromatic N) is 1. The summed E-state index contributed by atoms with van der Waals surface area (Å²) in [6.07, 6.45) is 6.73. The number of carboxylic acids is 1. The van der Waals surface area contributed by atoms with Gasteiger partial charge in [0.05, 0.1) is 34.5 Å². The maximum Gasteiger partial charge on any atom is 0.339 e. The zero-order valence-corrected chi connectivity index (χ0v) is 22.5. The van der Waals surface area contributed by atoms with Gasteiger partial charge in [-0.25, -0.2) is 4.79 Å². The molecule has 0 bridgehead atoms. The third kappa shape index (κ3) is 6.35. The molecule has 2 aliphatic carbocycles. The number of aromatic nitrogens is 1. The highest BCUT2D eigenvalue weighted by Gasteiger charge is 2.32. The van der Waals surface area contributed by atoms with Gasteiger partial charge in [-0.3, -0.25) is 9.78 Å². The number of fused-ring (bicyclic) bond motifs is 1. The molecule has 1 aromatic heterocycles. The number of carbonyl (C=O) groups excluding carboxylic acids is 1. The van der Waals surface area contributed by atoms with Gasteiger partial charge in [0, 0.05) is 6.04 Å². The van der Waals surface area contributed by atoms with E-state index in [4.69, 9.17) is 15.2 Å². The van der Waals surface area contributed by atoms with Crippen LogP contribution in [0.5, 0.6) is 5.75 Å². The molecule has 4 rings (SSSR count). The maximum absolute atomic E-state index is 12.6. The van der Waals surface area contributed by atoms with Gasteiger partial charge < -0.3 is 25.6 Å². The van der Waals surface area contributed by atoms with E-state index in [-0.39, 0.29) is 42.0 Å². The van der Waals surface area contributed by atoms with Crippen LogP contribution in [0.1, 0.15) is 81.8 Å². The summed E-state index contributed by atoms with van der Waals surface area (Å²) in [5.41, 5.74) is 7.45. The summed E-state index contributed by atoms with van der Waals surface area (Å²) in [5.74, 6) is 1.12. The highest BCUT2D eigenvalue weighted by atomic mass is 16.5. The monoisotopic (exact) mass is 511 g/mol. The first kappa shape index (κ1) is 27.2. The molecular weight excluding hydrogens is 470 g/mol. The molecule has 0 spiro atoms. The maximum atomic E-state index is 12.6. The summed E-state index contributed by atoms with van der Waals surface area (Å²) in [7, 11) is 0. The summed E-state index contributed by atoms with van der Waals surface area (Å²) < 4.78 is 12.4. The third-order valence-electron chi connectivity index (χ3n) is 8.13. The number of nitrogens with one attached hydrogen (secondary N) is 1. The number of rotatable bonds is 8. The van der Waals surface area contributed by atoms with Crippen LogP contribution in [0.25, 0.3) is 10.9 Å². The van der Waals surface area contributed by atoms with Crippen molar-refractivity contribution in [1.29, 1.82) is 0 Å². The lowest BCUT2D eigenvalue weighted by atomic mass is 9.75. The second kappa shape index (κ2) is 11.7. The summed E-state index contributed by atoms with van der Waals surface area (Å²) >= 11 is 0. The first-order chi connectivity index (χ1) is 17.6. The zero-order valence-electron chi connectivity index (χ0n) is 22.5. The van der Waals surface area contributed by atoms with E-state index in [0.29, 0.717) is 40.1 Å². The number of benzene rings is 1. The first-order valence-corrected chi connectivity index (χ1v) is 13.6. The topological polar surface area (TPSA) is 124 Å². The first-order valence-electron chi connectivity index (χ1n) is 13.6. The number of anilines is 1. The van der Waals surface area contributed by atoms with Crippen LogP contribution in [0.4, 0.5) is 5.69 Å². The number of hydrogen-bond acceptors (Lipinski definition) is 6. The van der Waals surface area contributed by atoms with Crippen LogP contribution in [0.15, 0.2) is 18.2 Å². The fourth-order valence-corrected chi connectivity index (χ4v) is 6.07. The van der Waals surface area contributed by atoms with Gasteiger partial charge in [0.2, 0.25) is 5.91 Å². The molecule has 202 valence electrons. The number of carboxylic acid groups (broad SMARTS) is 1. The van der Waals surface area contributed by atoms with Crippen molar-refractivity contribution in [2.45, 2.75) is 90.9 Å². The number of aryl methyl sites for hydroxylation is 1. The van der Waals surface area contributed by atoms with E-state index in [9.17, 15) is 14.7 Å². The van der Waals surface area contributed by atoms with E-state index in [2.05, 4.69) is 31.1 Å². The number of nitrogen functional groups attached to an aromatic ring is 1. The lowest BCUT2D eigenvalue weighted by molar-refractivity contribution is -0.132. The van der Waals surface area contributed by atoms with Crippen molar-refractivity contribution in [3.8, 4) is 5.75 Å². The van der Waals surface area contributed by atoms with Gasteiger partial charge in [-0.1, -0.05) is 33.3 Å². The number of pyridine rings is 1. The molecule has 4 N–H and O–H groups in total. The Morgan fingerprint density at radius 2 is 1.89 bits per heavy atom. The van der Waals surface area contributed by atoms with Crippen LogP contribution in [0, 0.1) is 24.7 Å². The van der Waals surface area contributed by atoms with Gasteiger partial charge in [-0.05, 0) is 75.3 Å². The van der Waals surface area contributed by atoms with Crippen LogP contribution >= 0.6 is 0 Å². The Labute approximate surface area is 219 Å². The molecule has 0 radical (unpaired) electrons. The van der Waals surface area contributed by atoms with Gasteiger partial charge in [-0.15, -0.1) is 0 Å². The highest BCUT2D eigenvalue weighted by Crippen LogP contribution is 2.36. The third-order valence-corrected chi connectivity index (χ3v) is 8.13. The van der Waals surface area contributed by atoms with Crippen molar-refractivity contribution in [1.82, 2.24) is 10.3 Å². The molecule has 1 aromatic carbocycles. The zero-order chi connectivity index (χ0) is 26.7. The van der Waals surface area contributed by atoms with Gasteiger partial charge in [-0.2, -0.15) is 0 Å². The van der Waals surface area contributed by atoms with Gasteiger partial charge in [0.25, 0.3) is 0 Å². The number of hydrogen-bond donors (Lipinski definition) is 3. The van der Waals surface area contributed by atoms with Gasteiger partial charge >= 0.3 is 5.97 Å². The predicted molar refractivity (Wildman–Crippen MR) is 144 cm³/mol. The van der Waals surface area contributed by atoms with Gasteiger partial charge in [0.15, 0.2) is 0 Å². The molecule has 8 heteroatoms. The molecule has 8 nitrogen and oxygen atoms in total. The van der Waals surface area contributed by atoms with Crippen LogP contribution in [-0.2, 0) is 9.53 Å². The second-order valence-electron chi connectivity index (χ2n) is 11.3. The summed E-state index contributed by atoms with van der Waals surface area (Å²) in [4.78, 5) is 28.8. The van der Waals surface area contributed by atoms with Crippen molar-refractivity contribution in [2.24, 2.45) is 17.8 Å². The van der Waals surface area contributed by atoms with E-state index in [0.717, 1.165) is 32.1 Å². The Hall–Kier alpha value is -2.87. The minimum Gasteiger partial charge on any atom is -0.490 e. The average molecular weight is 512 g/mol. The number of ether oxygens (including phenoxy) is 2. The molecule has 2 fully saturated rings. The van der Waals surface area contributed by atoms with Crippen LogP contribution in [-0.4, -0.2) is 46.8 Å². The SMILES string of the molecule is Cc1nc2cccc(O[C@H]3CC[C@H](NC(=O)CO[C@@H]4C[C@H](C)CCC4C(C)C)CC3)c2c(N)c1C(=O)O. The molecule has 2 aliphatic rings. The lowest BCUT2D eigenvalue weighted by Gasteiger charge is -2.37. The Bertz CT molecular complexity index is 1130. The van der Waals surface area contributed by atoms with Crippen molar-refractivity contribution in [3.63, 3.8) is 0 Å². The molecule has 1 amide bonds. The fourth-order valence-electron chi connectivity index (χ4n) is 6.07. The Morgan fingerprint density at radius 3 is 2.57 bits per heavy atom. The summed E-state index contributed by atoms with van der Waals surface area (Å²) in [5, 5.41) is 13.3. The Kier molecular flexibility index (Phi) is 8.57. The molecule has 2 saturated carbocycles. The minimum atomic E-state index is -1.10. The van der Waals surface area contributed by atoms with Crippen molar-refractivity contribution in [2.75, 3.05) is 12.3 Å². The van der Waals surface area contributed by atoms with E-state index in [1.165, 1.54) is 12.8 Å². The fraction of sp³-hybridized carbons (Fsp3) is 0.621. The molecule has 2 aromatic rings. The molecule has 0 saturated heterocycles. The highest BCUT2D eigenvalue weighted by molar-refractivity contribution is 6.06. The van der Waals surface area contributed by atoms with Crippen LogP contribution in [0.2, 0.25) is 0 Å². The molecule has 1 heterocycles. The standard InChI is InChI=1S/C29H41N3O5/c1-16(2)21-13-8-17(3)14-24(21)36-15-25(33)32-19-9-11-20(12-10-19)37-23-7-5-6-22-27(23)28(30)26(29(34)35)18(4)31-22/h5-7,16-17,19-21,24H,8-15H2,1-4H3,(H2,30,31)(H,32,33)(H,34,35)/t17-,19-,20-,21?,24-/m1/s1. The average Bonchev–Trinajstić information content (AvgIpc) is 2.83. The van der Waals surface area contributed by atoms with E-state index in [1.807, 2.05) is 18.2 Å². The summed E-state index contributed by atoms with van der Waals surface area (Å²) in [6.45, 7) is 8.51. The molecular formula is C29H41N3O5. The Morgan fingerprint density at radius 1 is 1.16 bits per heavy atom. The molecule has 3 atom stereocenters. The number of carbonyl (C=O) groups is 2. The minimum absolute atomic E-state index is 0.0135. The normalized spacial score (nSPS) is 26.2. The lowest BCUT2D eigenvalue weighted by Crippen LogP contribution is -2.43. The largest absolute Gasteiger partial charge is 0.490 e. The van der Waals surface area contributed by atoms with Crippen LogP contribution < -0.4 is 15.8 Å². The quantitative estimate of drug-likeness (QED) is 0.450. The molecule has 0 aliphatic heterocycles. The number of aromatic carboxylic acids is 1. The van der Waals surface area contributed by atoms with E-state index >= 15 is 0 Å². The van der Waals surface area contributed by atoms with E-state index in [1.54, 1.807) is 6.92 Å². The second-order valence-corrected chi connectivity index (χ2v) is 11.3. The van der Waals surface area contributed by atoms with E-state index < -0.39 is 5.97 Å². The number of amides is 1. The number of nitrogens with two attached hydrogens (primary N) is 1. The van der Waals surface area contributed by atoms with Gasteiger partial charge in [0.1, 0.15) is 17.9 Å². The van der Waals surface area contributed by atoms with Crippen molar-refractivity contribution < 1.29 is 24.2 Å². The Balaban J connectivity index is 1.31. The summed E-state index contributed by atoms with van der Waals surface area (Å²) in [6, 6.07) is 5.56.